The third-order valence-electron chi connectivity index (χ3n) is 2.93. The first-order chi connectivity index (χ1) is 9.22. The number of ether oxygens (including phenoxy) is 1. The zero-order chi connectivity index (χ0) is 13.8. The van der Waals surface area contributed by atoms with E-state index < -0.39 is 0 Å². The van der Waals surface area contributed by atoms with Crippen molar-refractivity contribution in [2.45, 2.75) is 20.3 Å². The molecule has 0 fully saturated rings. The van der Waals surface area contributed by atoms with Crippen LogP contribution in [0.3, 0.4) is 0 Å². The summed E-state index contributed by atoms with van der Waals surface area (Å²) < 4.78 is 5.66. The normalized spacial score (nSPS) is 10.2. The maximum absolute atomic E-state index is 9.12. The van der Waals surface area contributed by atoms with E-state index in [1.807, 2.05) is 38.1 Å². The van der Waals surface area contributed by atoms with Gasteiger partial charge in [-0.1, -0.05) is 19.1 Å². The predicted molar refractivity (Wildman–Crippen MR) is 79.4 cm³/mol. The van der Waals surface area contributed by atoms with Crippen molar-refractivity contribution < 1.29 is 4.74 Å². The molecule has 2 aromatic rings. The molecule has 0 saturated heterocycles. The molecule has 2 N–H and O–H groups in total. The van der Waals surface area contributed by atoms with Gasteiger partial charge in [-0.3, -0.25) is 0 Å². The van der Waals surface area contributed by atoms with Gasteiger partial charge in [0.05, 0.1) is 12.3 Å². The summed E-state index contributed by atoms with van der Waals surface area (Å²) in [6.45, 7) is 4.62. The van der Waals surface area contributed by atoms with Gasteiger partial charge >= 0.3 is 0 Å². The van der Waals surface area contributed by atoms with Crippen molar-refractivity contribution in [3.63, 3.8) is 0 Å². The van der Waals surface area contributed by atoms with Crippen LogP contribution in [0.1, 0.15) is 24.3 Å². The number of benzene rings is 1. The van der Waals surface area contributed by atoms with E-state index >= 15 is 0 Å². The number of nitrogens with two attached hydrogens (primary N) is 1. The summed E-state index contributed by atoms with van der Waals surface area (Å²) in [5.41, 5.74) is 8.69. The Morgan fingerprint density at radius 1 is 1.32 bits per heavy atom. The monoisotopic (exact) mass is 272 g/mol. The fourth-order valence-corrected chi connectivity index (χ4v) is 3.20. The number of nitrogen functional groups attached to an aromatic ring is 1. The number of hydrogen-bond donors (Lipinski definition) is 1. The average Bonchev–Trinajstić information content (AvgIpc) is 2.76. The van der Waals surface area contributed by atoms with Crippen LogP contribution >= 0.6 is 11.3 Å². The molecule has 1 aromatic carbocycles. The van der Waals surface area contributed by atoms with Crippen LogP contribution in [0, 0.1) is 11.3 Å². The van der Waals surface area contributed by atoms with Crippen molar-refractivity contribution in [3.05, 3.63) is 34.7 Å². The van der Waals surface area contributed by atoms with Crippen LogP contribution in [-0.4, -0.2) is 6.61 Å². The molecule has 1 aromatic heterocycles. The molecule has 98 valence electrons. The van der Waals surface area contributed by atoms with E-state index in [-0.39, 0.29) is 0 Å². The number of para-hydroxylation sites is 1. The minimum absolute atomic E-state index is 0.582. The Balaban J connectivity index is 2.62. The van der Waals surface area contributed by atoms with E-state index in [1.54, 1.807) is 0 Å². The summed E-state index contributed by atoms with van der Waals surface area (Å²) in [7, 11) is 0. The molecule has 0 atom stereocenters. The SMILES string of the molecule is CCOc1ccccc1-c1sc(C#N)c(N)c1CC. The second-order valence-corrected chi connectivity index (χ2v) is 5.07. The van der Waals surface area contributed by atoms with Crippen LogP contribution < -0.4 is 10.5 Å². The van der Waals surface area contributed by atoms with Gasteiger partial charge in [0.15, 0.2) is 0 Å². The van der Waals surface area contributed by atoms with Crippen molar-refractivity contribution in [1.29, 1.82) is 5.26 Å². The summed E-state index contributed by atoms with van der Waals surface area (Å²) in [5.74, 6) is 0.838. The third kappa shape index (κ3) is 2.42. The molecule has 0 saturated carbocycles. The Morgan fingerprint density at radius 3 is 2.68 bits per heavy atom. The van der Waals surface area contributed by atoms with Crippen LogP contribution in [0.25, 0.3) is 10.4 Å². The topological polar surface area (TPSA) is 59.0 Å². The minimum Gasteiger partial charge on any atom is -0.493 e. The third-order valence-corrected chi connectivity index (χ3v) is 4.12. The predicted octanol–water partition coefficient (Wildman–Crippen LogP) is 3.83. The van der Waals surface area contributed by atoms with Crippen LogP contribution in [-0.2, 0) is 6.42 Å². The van der Waals surface area contributed by atoms with Gasteiger partial charge in [-0.15, -0.1) is 11.3 Å². The molecule has 2 rings (SSSR count). The summed E-state index contributed by atoms with van der Waals surface area (Å²) in [4.78, 5) is 1.62. The first-order valence-corrected chi connectivity index (χ1v) is 7.07. The largest absolute Gasteiger partial charge is 0.493 e. The Labute approximate surface area is 117 Å². The smallest absolute Gasteiger partial charge is 0.128 e. The number of hydrogen-bond acceptors (Lipinski definition) is 4. The Kier molecular flexibility index (Phi) is 4.08. The van der Waals surface area contributed by atoms with Gasteiger partial charge in [-0.2, -0.15) is 5.26 Å². The van der Waals surface area contributed by atoms with Crippen LogP contribution in [0.5, 0.6) is 5.75 Å². The zero-order valence-electron chi connectivity index (χ0n) is 11.1. The molecule has 0 radical (unpaired) electrons. The van der Waals surface area contributed by atoms with Gasteiger partial charge in [-0.25, -0.2) is 0 Å². The average molecular weight is 272 g/mol. The van der Waals surface area contributed by atoms with Crippen molar-refractivity contribution >= 4 is 17.0 Å². The molecule has 0 aliphatic carbocycles. The van der Waals surface area contributed by atoms with Gasteiger partial charge < -0.3 is 10.5 Å². The van der Waals surface area contributed by atoms with E-state index in [2.05, 4.69) is 6.07 Å². The molecule has 0 unspecified atom stereocenters. The maximum Gasteiger partial charge on any atom is 0.128 e. The molecule has 19 heavy (non-hydrogen) atoms. The van der Waals surface area contributed by atoms with Gasteiger partial charge in [0.25, 0.3) is 0 Å². The minimum atomic E-state index is 0.582. The number of thiophene rings is 1. The fourth-order valence-electron chi connectivity index (χ4n) is 2.07. The molecule has 3 nitrogen and oxygen atoms in total. The molecule has 0 amide bonds. The lowest BCUT2D eigenvalue weighted by Gasteiger charge is -2.10. The lowest BCUT2D eigenvalue weighted by Crippen LogP contribution is -1.95. The molecule has 1 heterocycles. The second kappa shape index (κ2) is 5.77. The summed E-state index contributed by atoms with van der Waals surface area (Å²) >= 11 is 1.44. The second-order valence-electron chi connectivity index (χ2n) is 4.05. The maximum atomic E-state index is 9.12. The number of nitrogens with zero attached hydrogens (tertiary/aromatic N) is 1. The van der Waals surface area contributed by atoms with Gasteiger partial charge in [0, 0.05) is 10.4 Å². The fraction of sp³-hybridized carbons (Fsp3) is 0.267. The molecule has 0 aliphatic heterocycles. The molecular weight excluding hydrogens is 256 g/mol. The number of nitriles is 1. The first kappa shape index (κ1) is 13.4. The standard InChI is InChI=1S/C15H16N2OS/c1-3-10-14(17)13(9-16)19-15(10)11-7-5-6-8-12(11)18-4-2/h5-8H,3-4,17H2,1-2H3. The summed E-state index contributed by atoms with van der Waals surface area (Å²) in [6, 6.07) is 10.0. The first-order valence-electron chi connectivity index (χ1n) is 6.26. The highest BCUT2D eigenvalue weighted by molar-refractivity contribution is 7.16. The van der Waals surface area contributed by atoms with E-state index in [0.29, 0.717) is 17.2 Å². The van der Waals surface area contributed by atoms with Crippen molar-refractivity contribution in [1.82, 2.24) is 0 Å². The van der Waals surface area contributed by atoms with Crippen LogP contribution in [0.15, 0.2) is 24.3 Å². The van der Waals surface area contributed by atoms with Crippen molar-refractivity contribution in [3.8, 4) is 22.3 Å². The Morgan fingerprint density at radius 2 is 2.05 bits per heavy atom. The number of rotatable bonds is 4. The van der Waals surface area contributed by atoms with E-state index in [0.717, 1.165) is 28.2 Å². The van der Waals surface area contributed by atoms with Gasteiger partial charge in [0.1, 0.15) is 16.7 Å². The molecule has 4 heteroatoms. The van der Waals surface area contributed by atoms with Crippen molar-refractivity contribution in [2.24, 2.45) is 0 Å². The highest BCUT2D eigenvalue weighted by Crippen LogP contribution is 2.42. The lowest BCUT2D eigenvalue weighted by molar-refractivity contribution is 0.341. The van der Waals surface area contributed by atoms with E-state index in [9.17, 15) is 0 Å². The van der Waals surface area contributed by atoms with E-state index in [1.165, 1.54) is 11.3 Å². The Hall–Kier alpha value is -1.99. The molecule has 0 spiro atoms. The van der Waals surface area contributed by atoms with Gasteiger partial charge in [-0.05, 0) is 31.0 Å². The summed E-state index contributed by atoms with van der Waals surface area (Å²) in [5, 5.41) is 9.12. The zero-order valence-corrected chi connectivity index (χ0v) is 11.9. The highest BCUT2D eigenvalue weighted by Gasteiger charge is 2.18. The highest BCUT2D eigenvalue weighted by atomic mass is 32.1. The van der Waals surface area contributed by atoms with E-state index in [4.69, 9.17) is 15.7 Å². The van der Waals surface area contributed by atoms with Gasteiger partial charge in [0.2, 0.25) is 0 Å². The summed E-state index contributed by atoms with van der Waals surface area (Å²) in [6.07, 6.45) is 0.805. The molecule has 0 aliphatic rings. The van der Waals surface area contributed by atoms with Crippen LogP contribution in [0.2, 0.25) is 0 Å². The van der Waals surface area contributed by atoms with Crippen LogP contribution in [0.4, 0.5) is 5.69 Å². The van der Waals surface area contributed by atoms with Crippen molar-refractivity contribution in [2.75, 3.05) is 12.3 Å². The Bertz CT molecular complexity index is 626. The quantitative estimate of drug-likeness (QED) is 0.920. The number of anilines is 1. The lowest BCUT2D eigenvalue weighted by atomic mass is 10.1. The molecule has 0 bridgehead atoms. The molecular formula is C15H16N2OS.